The molecule has 9 heavy (non-hydrogen) atoms. The van der Waals surface area contributed by atoms with E-state index in [2.05, 4.69) is 0 Å². The molecule has 0 radical (unpaired) electrons. The van der Waals surface area contributed by atoms with Gasteiger partial charge in [-0.3, -0.25) is 0 Å². The number of aryl methyl sites for hydroxylation is 1. The van der Waals surface area contributed by atoms with E-state index in [0.717, 1.165) is 10.4 Å². The van der Waals surface area contributed by atoms with E-state index in [9.17, 15) is 0 Å². The second-order valence-electron chi connectivity index (χ2n) is 1.45. The van der Waals surface area contributed by atoms with Crippen LogP contribution in [-0.4, -0.2) is 9.94 Å². The molecule has 0 saturated carbocycles. The zero-order valence-corrected chi connectivity index (χ0v) is 9.60. The minimum absolute atomic E-state index is 0. The van der Waals surface area contributed by atoms with Crippen LogP contribution < -0.4 is 0 Å². The third kappa shape index (κ3) is 1.85. The number of hydrogen-bond acceptors (Lipinski definition) is 3. The van der Waals surface area contributed by atoms with Crippen LogP contribution in [0.15, 0.2) is 5.38 Å². The molecule has 1 aromatic heterocycles. The molecular formula is C4H5NOS2Zn. The normalized spacial score (nSPS) is 8.56. The van der Waals surface area contributed by atoms with Gasteiger partial charge in [0.05, 0.1) is 5.69 Å². The van der Waals surface area contributed by atoms with Gasteiger partial charge in [-0.15, -0.1) is 11.3 Å². The zero-order chi connectivity index (χ0) is 6.15. The van der Waals surface area contributed by atoms with Gasteiger partial charge in [-0.05, 0) is 19.1 Å². The summed E-state index contributed by atoms with van der Waals surface area (Å²) >= 11 is 6.06. The van der Waals surface area contributed by atoms with E-state index in [-0.39, 0.29) is 19.5 Å². The molecule has 0 fully saturated rings. The molecule has 0 aromatic carbocycles. The van der Waals surface area contributed by atoms with Crippen molar-refractivity contribution >= 4 is 23.6 Å². The third-order valence-electron chi connectivity index (χ3n) is 0.837. The Morgan fingerprint density at radius 3 is 2.44 bits per heavy atom. The summed E-state index contributed by atoms with van der Waals surface area (Å²) in [6.07, 6.45) is 0. The molecule has 0 aliphatic heterocycles. The molecular weight excluding hydrogens is 208 g/mol. The van der Waals surface area contributed by atoms with Crippen molar-refractivity contribution in [3.05, 3.63) is 15.0 Å². The number of thiazole rings is 1. The summed E-state index contributed by atoms with van der Waals surface area (Å²) in [5.74, 6) is 0. The van der Waals surface area contributed by atoms with Crippen LogP contribution in [0.25, 0.3) is 0 Å². The van der Waals surface area contributed by atoms with Gasteiger partial charge in [0.15, 0.2) is 3.95 Å². The Labute approximate surface area is 74.9 Å². The first-order chi connectivity index (χ1) is 3.72. The molecule has 0 amide bonds. The van der Waals surface area contributed by atoms with Crippen LogP contribution in [0.3, 0.4) is 0 Å². The van der Waals surface area contributed by atoms with Crippen LogP contribution in [0.5, 0.6) is 0 Å². The first-order valence-electron chi connectivity index (χ1n) is 2.08. The van der Waals surface area contributed by atoms with Crippen molar-refractivity contribution in [2.45, 2.75) is 6.92 Å². The number of nitrogens with zero attached hydrogens (tertiary/aromatic N) is 1. The Morgan fingerprint density at radius 2 is 2.33 bits per heavy atom. The summed E-state index contributed by atoms with van der Waals surface area (Å²) in [4.78, 5) is 0. The quantitative estimate of drug-likeness (QED) is 0.403. The molecule has 0 aliphatic carbocycles. The second-order valence-corrected chi connectivity index (χ2v) is 2.96. The van der Waals surface area contributed by atoms with Crippen molar-refractivity contribution in [3.8, 4) is 0 Å². The summed E-state index contributed by atoms with van der Waals surface area (Å²) in [7, 11) is 0. The van der Waals surface area contributed by atoms with Crippen molar-refractivity contribution < 1.29 is 24.7 Å². The SMILES string of the molecule is Cc1csc(=S)n1O.[Zn]. The maximum absolute atomic E-state index is 8.87. The van der Waals surface area contributed by atoms with Gasteiger partial charge in [-0.1, -0.05) is 0 Å². The van der Waals surface area contributed by atoms with Gasteiger partial charge in [0, 0.05) is 24.9 Å². The summed E-state index contributed by atoms with van der Waals surface area (Å²) in [5.41, 5.74) is 0.792. The standard InChI is InChI=1S/C4H5NOS2.Zn/c1-3-2-8-4(7)5(3)6;/h2,6H,1H3;. The van der Waals surface area contributed by atoms with Gasteiger partial charge in [-0.25, -0.2) is 0 Å². The Kier molecular flexibility index (Phi) is 3.55. The van der Waals surface area contributed by atoms with Gasteiger partial charge in [0.1, 0.15) is 0 Å². The van der Waals surface area contributed by atoms with Crippen molar-refractivity contribution in [1.29, 1.82) is 0 Å². The van der Waals surface area contributed by atoms with Crippen molar-refractivity contribution in [2.24, 2.45) is 0 Å². The number of rotatable bonds is 0. The van der Waals surface area contributed by atoms with Crippen LogP contribution in [0.1, 0.15) is 5.69 Å². The van der Waals surface area contributed by atoms with E-state index in [1.165, 1.54) is 11.3 Å². The topological polar surface area (TPSA) is 25.2 Å². The molecule has 0 aliphatic rings. The average Bonchev–Trinajstić information content (AvgIpc) is 1.98. The van der Waals surface area contributed by atoms with Crippen LogP contribution in [-0.2, 0) is 19.5 Å². The molecule has 0 bridgehead atoms. The van der Waals surface area contributed by atoms with E-state index in [0.29, 0.717) is 3.95 Å². The number of aromatic nitrogens is 1. The monoisotopic (exact) mass is 211 g/mol. The third-order valence-corrected chi connectivity index (χ3v) is 2.13. The van der Waals surface area contributed by atoms with Crippen molar-refractivity contribution in [3.63, 3.8) is 0 Å². The van der Waals surface area contributed by atoms with E-state index < -0.39 is 0 Å². The van der Waals surface area contributed by atoms with Gasteiger partial charge < -0.3 is 5.21 Å². The molecule has 0 unspecified atom stereocenters. The van der Waals surface area contributed by atoms with E-state index >= 15 is 0 Å². The minimum Gasteiger partial charge on any atom is -0.427 e. The fourth-order valence-electron chi connectivity index (χ4n) is 0.380. The minimum atomic E-state index is 0. The molecule has 1 rings (SSSR count). The summed E-state index contributed by atoms with van der Waals surface area (Å²) in [6, 6.07) is 0. The smallest absolute Gasteiger partial charge is 0.196 e. The summed E-state index contributed by atoms with van der Waals surface area (Å²) < 4.78 is 1.50. The molecule has 1 heterocycles. The molecule has 0 spiro atoms. The van der Waals surface area contributed by atoms with Gasteiger partial charge in [0.2, 0.25) is 0 Å². The molecule has 46 valence electrons. The molecule has 0 saturated heterocycles. The zero-order valence-electron chi connectivity index (χ0n) is 5.00. The van der Waals surface area contributed by atoms with E-state index in [1.807, 2.05) is 5.38 Å². The van der Waals surface area contributed by atoms with Crippen molar-refractivity contribution in [1.82, 2.24) is 4.73 Å². The maximum atomic E-state index is 8.87. The van der Waals surface area contributed by atoms with Gasteiger partial charge in [0.25, 0.3) is 0 Å². The average molecular weight is 213 g/mol. The maximum Gasteiger partial charge on any atom is 0.196 e. The fraction of sp³-hybridized carbons (Fsp3) is 0.250. The Balaban J connectivity index is 0.000000640. The molecule has 1 aromatic rings. The van der Waals surface area contributed by atoms with Gasteiger partial charge in [-0.2, -0.15) is 4.73 Å². The van der Waals surface area contributed by atoms with Crippen molar-refractivity contribution in [2.75, 3.05) is 0 Å². The van der Waals surface area contributed by atoms with E-state index in [1.54, 1.807) is 6.92 Å². The largest absolute Gasteiger partial charge is 0.427 e. The van der Waals surface area contributed by atoms with Crippen LogP contribution in [0.4, 0.5) is 0 Å². The molecule has 1 N–H and O–H groups in total. The van der Waals surface area contributed by atoms with Gasteiger partial charge >= 0.3 is 0 Å². The molecule has 5 heteroatoms. The van der Waals surface area contributed by atoms with Crippen LogP contribution >= 0.6 is 23.6 Å². The first kappa shape index (κ1) is 9.27. The second kappa shape index (κ2) is 3.44. The molecule has 0 atom stereocenters. The summed E-state index contributed by atoms with van der Waals surface area (Å²) in [5, 5.41) is 10.7. The molecule has 2 nitrogen and oxygen atoms in total. The predicted molar refractivity (Wildman–Crippen MR) is 35.1 cm³/mol. The fourth-order valence-corrected chi connectivity index (χ4v) is 1.28. The van der Waals surface area contributed by atoms with Crippen LogP contribution in [0, 0.1) is 10.9 Å². The summed E-state index contributed by atoms with van der Waals surface area (Å²) in [6.45, 7) is 1.80. The van der Waals surface area contributed by atoms with E-state index in [4.69, 9.17) is 17.4 Å². The Morgan fingerprint density at radius 1 is 1.78 bits per heavy atom. The Bertz CT molecular complexity index is 241. The predicted octanol–water partition coefficient (Wildman–Crippen LogP) is 1.82. The van der Waals surface area contributed by atoms with Crippen LogP contribution in [0.2, 0.25) is 0 Å². The first-order valence-corrected chi connectivity index (χ1v) is 3.37. The number of hydrogen-bond donors (Lipinski definition) is 1. The Hall–Kier alpha value is 0.273.